The second-order valence-electron chi connectivity index (χ2n) is 8.46. The van der Waals surface area contributed by atoms with Gasteiger partial charge in [0.15, 0.2) is 0 Å². The summed E-state index contributed by atoms with van der Waals surface area (Å²) in [6.45, 7) is 7.36. The molecule has 0 aliphatic carbocycles. The topological polar surface area (TPSA) is 64.3 Å². The standard InChI is InChI=1S/C25H29N5OS/c31-25(23-17-21-24-20(27-28-21)9-6-10-22(24)32-23)26-11-4-5-12-29-13-15-30(16-14-29)18-19-7-2-1-3-8-19/h1-3,6-10,17H,4-5,11-16,18H2,(H,26,31)(H,27,28). The number of thioether (sulfide) groups is 1. The van der Waals surface area contributed by atoms with Crippen molar-refractivity contribution in [1.82, 2.24) is 25.3 Å². The van der Waals surface area contributed by atoms with Gasteiger partial charge in [0.1, 0.15) is 0 Å². The Morgan fingerprint density at radius 3 is 2.66 bits per heavy atom. The summed E-state index contributed by atoms with van der Waals surface area (Å²) in [5, 5.41) is 11.6. The zero-order chi connectivity index (χ0) is 21.8. The lowest BCUT2D eigenvalue weighted by Gasteiger charge is -2.34. The Labute approximate surface area is 193 Å². The molecule has 1 amide bonds. The van der Waals surface area contributed by atoms with E-state index in [1.165, 1.54) is 17.3 Å². The minimum Gasteiger partial charge on any atom is -0.352 e. The Morgan fingerprint density at radius 1 is 1.00 bits per heavy atom. The van der Waals surface area contributed by atoms with Crippen molar-refractivity contribution >= 4 is 34.6 Å². The van der Waals surface area contributed by atoms with Crippen molar-refractivity contribution < 1.29 is 4.79 Å². The fraction of sp³-hybridized carbons (Fsp3) is 0.360. The number of hydrogen-bond donors (Lipinski definition) is 2. The number of piperazine rings is 1. The number of unbranched alkanes of at least 4 members (excludes halogenated alkanes) is 1. The number of H-pyrrole nitrogens is 1. The zero-order valence-corrected chi connectivity index (χ0v) is 19.0. The highest BCUT2D eigenvalue weighted by Gasteiger charge is 2.21. The van der Waals surface area contributed by atoms with Crippen LogP contribution in [0, 0.1) is 0 Å². The molecule has 6 nitrogen and oxygen atoms in total. The molecule has 7 heteroatoms. The number of carbonyl (C=O) groups is 1. The van der Waals surface area contributed by atoms with Gasteiger partial charge in [-0.15, -0.1) is 0 Å². The number of nitrogens with one attached hydrogen (secondary N) is 2. The highest BCUT2D eigenvalue weighted by Crippen LogP contribution is 2.39. The van der Waals surface area contributed by atoms with Crippen LogP contribution in [0.1, 0.15) is 24.1 Å². The summed E-state index contributed by atoms with van der Waals surface area (Å²) in [5.41, 5.74) is 3.26. The van der Waals surface area contributed by atoms with E-state index >= 15 is 0 Å². The molecule has 2 aliphatic rings. The van der Waals surface area contributed by atoms with Crippen LogP contribution in [0.4, 0.5) is 0 Å². The van der Waals surface area contributed by atoms with Crippen LogP contribution >= 0.6 is 11.8 Å². The van der Waals surface area contributed by atoms with Crippen LogP contribution < -0.4 is 5.32 Å². The molecule has 5 rings (SSSR count). The van der Waals surface area contributed by atoms with Crippen LogP contribution in [0.25, 0.3) is 17.0 Å². The third-order valence-electron chi connectivity index (χ3n) is 6.19. The first kappa shape index (κ1) is 21.2. The van der Waals surface area contributed by atoms with Gasteiger partial charge in [0.2, 0.25) is 0 Å². The second kappa shape index (κ2) is 9.90. The van der Waals surface area contributed by atoms with Gasteiger partial charge in [-0.25, -0.2) is 0 Å². The Bertz CT molecular complexity index is 1100. The van der Waals surface area contributed by atoms with E-state index in [4.69, 9.17) is 0 Å². The van der Waals surface area contributed by atoms with Crippen molar-refractivity contribution in [2.75, 3.05) is 39.3 Å². The monoisotopic (exact) mass is 447 g/mol. The minimum absolute atomic E-state index is 0.00165. The van der Waals surface area contributed by atoms with E-state index in [1.54, 1.807) is 0 Å². The Balaban J connectivity index is 1.00. The molecule has 0 saturated carbocycles. The predicted molar refractivity (Wildman–Crippen MR) is 130 cm³/mol. The molecule has 166 valence electrons. The van der Waals surface area contributed by atoms with E-state index in [1.807, 2.05) is 24.3 Å². The summed E-state index contributed by atoms with van der Waals surface area (Å²) in [6, 6.07) is 16.7. The fourth-order valence-corrected chi connectivity index (χ4v) is 5.44. The Hall–Kier alpha value is -2.61. The molecule has 3 heterocycles. The summed E-state index contributed by atoms with van der Waals surface area (Å²) in [4.78, 5) is 19.5. The normalized spacial score (nSPS) is 16.8. The van der Waals surface area contributed by atoms with Gasteiger partial charge in [0.25, 0.3) is 5.91 Å². The number of rotatable bonds is 8. The third kappa shape index (κ3) is 4.90. The molecule has 1 aromatic heterocycles. The Kier molecular flexibility index (Phi) is 6.57. The average Bonchev–Trinajstić information content (AvgIpc) is 3.25. The van der Waals surface area contributed by atoms with Crippen molar-refractivity contribution in [3.8, 4) is 0 Å². The number of carbonyl (C=O) groups excluding carboxylic acids is 1. The van der Waals surface area contributed by atoms with Crippen LogP contribution in [0.5, 0.6) is 0 Å². The van der Waals surface area contributed by atoms with Crippen LogP contribution in [-0.2, 0) is 11.3 Å². The molecule has 1 fully saturated rings. The summed E-state index contributed by atoms with van der Waals surface area (Å²) < 4.78 is 0. The quantitative estimate of drug-likeness (QED) is 0.515. The Morgan fingerprint density at radius 2 is 1.81 bits per heavy atom. The number of aromatic amines is 1. The molecular weight excluding hydrogens is 418 g/mol. The summed E-state index contributed by atoms with van der Waals surface area (Å²) in [6.07, 6.45) is 4.02. The van der Waals surface area contributed by atoms with Crippen LogP contribution in [0.3, 0.4) is 0 Å². The van der Waals surface area contributed by atoms with Gasteiger partial charge in [-0.3, -0.25) is 14.8 Å². The highest BCUT2D eigenvalue weighted by molar-refractivity contribution is 8.04. The lowest BCUT2D eigenvalue weighted by Crippen LogP contribution is -2.46. The van der Waals surface area contributed by atoms with E-state index in [9.17, 15) is 4.79 Å². The largest absolute Gasteiger partial charge is 0.352 e. The first-order valence-electron chi connectivity index (χ1n) is 11.4. The van der Waals surface area contributed by atoms with Crippen molar-refractivity contribution in [2.45, 2.75) is 24.3 Å². The summed E-state index contributed by atoms with van der Waals surface area (Å²) >= 11 is 1.53. The van der Waals surface area contributed by atoms with Crippen molar-refractivity contribution in [2.24, 2.45) is 0 Å². The number of hydrogen-bond acceptors (Lipinski definition) is 5. The number of benzene rings is 2. The first-order valence-corrected chi connectivity index (χ1v) is 12.2. The van der Waals surface area contributed by atoms with E-state index in [2.05, 4.69) is 55.6 Å². The van der Waals surface area contributed by atoms with E-state index in [0.717, 1.165) is 78.5 Å². The summed E-state index contributed by atoms with van der Waals surface area (Å²) in [7, 11) is 0. The SMILES string of the molecule is O=C(NCCCCN1CCN(Cc2ccccc2)CC1)C1=Cc2[nH]nc3cccc(c23)S1. The average molecular weight is 448 g/mol. The maximum atomic E-state index is 12.6. The lowest BCUT2D eigenvalue weighted by atomic mass is 10.2. The molecular formula is C25H29N5OS. The number of amides is 1. The highest BCUT2D eigenvalue weighted by atomic mass is 32.2. The molecule has 2 aromatic carbocycles. The van der Waals surface area contributed by atoms with Crippen LogP contribution in [0.2, 0.25) is 0 Å². The van der Waals surface area contributed by atoms with E-state index in [-0.39, 0.29) is 5.91 Å². The molecule has 32 heavy (non-hydrogen) atoms. The smallest absolute Gasteiger partial charge is 0.258 e. The van der Waals surface area contributed by atoms with E-state index in [0.29, 0.717) is 6.54 Å². The van der Waals surface area contributed by atoms with E-state index < -0.39 is 0 Å². The van der Waals surface area contributed by atoms with Crippen molar-refractivity contribution in [3.63, 3.8) is 0 Å². The van der Waals surface area contributed by atoms with Crippen molar-refractivity contribution in [1.29, 1.82) is 0 Å². The first-order chi connectivity index (χ1) is 15.8. The molecule has 0 spiro atoms. The third-order valence-corrected chi connectivity index (χ3v) is 7.27. The van der Waals surface area contributed by atoms with Crippen LogP contribution in [0.15, 0.2) is 58.3 Å². The minimum atomic E-state index is 0.00165. The fourth-order valence-electron chi connectivity index (χ4n) is 4.40. The molecule has 0 unspecified atom stereocenters. The predicted octanol–water partition coefficient (Wildman–Crippen LogP) is 3.72. The van der Waals surface area contributed by atoms with Gasteiger partial charge < -0.3 is 10.2 Å². The molecule has 0 atom stereocenters. The zero-order valence-electron chi connectivity index (χ0n) is 18.2. The van der Waals surface area contributed by atoms with Gasteiger partial charge in [0, 0.05) is 49.6 Å². The molecule has 0 radical (unpaired) electrons. The van der Waals surface area contributed by atoms with Gasteiger partial charge >= 0.3 is 0 Å². The van der Waals surface area contributed by atoms with Gasteiger partial charge in [-0.05, 0) is 43.2 Å². The molecule has 3 aromatic rings. The maximum absolute atomic E-state index is 12.6. The molecule has 2 aliphatic heterocycles. The van der Waals surface area contributed by atoms with Gasteiger partial charge in [0.05, 0.1) is 16.1 Å². The molecule has 0 bridgehead atoms. The lowest BCUT2D eigenvalue weighted by molar-refractivity contribution is -0.116. The van der Waals surface area contributed by atoms with Crippen LogP contribution in [-0.4, -0.2) is 65.2 Å². The van der Waals surface area contributed by atoms with Crippen molar-refractivity contribution in [3.05, 3.63) is 64.7 Å². The van der Waals surface area contributed by atoms with Gasteiger partial charge in [-0.2, -0.15) is 5.10 Å². The second-order valence-corrected chi connectivity index (χ2v) is 9.55. The van der Waals surface area contributed by atoms with Gasteiger partial charge in [-0.1, -0.05) is 48.2 Å². The number of nitrogens with zero attached hydrogens (tertiary/aromatic N) is 3. The molecule has 2 N–H and O–H groups in total. The number of aromatic nitrogens is 2. The summed E-state index contributed by atoms with van der Waals surface area (Å²) in [5.74, 6) is 0.00165. The molecule has 1 saturated heterocycles. The maximum Gasteiger partial charge on any atom is 0.258 e.